The van der Waals surface area contributed by atoms with Gasteiger partial charge in [0.2, 0.25) is 5.91 Å². The Morgan fingerprint density at radius 1 is 1.00 bits per heavy atom. The highest BCUT2D eigenvalue weighted by molar-refractivity contribution is 5.95. The zero-order valence-electron chi connectivity index (χ0n) is 20.8. The number of amides is 1. The lowest BCUT2D eigenvalue weighted by Crippen LogP contribution is -2.32. The fourth-order valence-electron chi connectivity index (χ4n) is 5.59. The van der Waals surface area contributed by atoms with Crippen molar-refractivity contribution in [1.29, 1.82) is 0 Å². The van der Waals surface area contributed by atoms with E-state index in [9.17, 15) is 4.79 Å². The number of nitrogens with one attached hydrogen (secondary N) is 1. The Morgan fingerprint density at radius 2 is 1.75 bits per heavy atom. The Bertz CT molecular complexity index is 1370. The van der Waals surface area contributed by atoms with Crippen molar-refractivity contribution in [2.45, 2.75) is 45.4 Å². The molecule has 1 amide bonds. The number of hydrogen-bond donors (Lipinski definition) is 3. The van der Waals surface area contributed by atoms with Gasteiger partial charge in [-0.2, -0.15) is 0 Å². The van der Waals surface area contributed by atoms with Gasteiger partial charge in [-0.05, 0) is 90.1 Å². The van der Waals surface area contributed by atoms with Gasteiger partial charge in [-0.3, -0.25) is 4.79 Å². The van der Waals surface area contributed by atoms with E-state index in [-0.39, 0.29) is 11.8 Å². The molecule has 4 aromatic rings. The number of carbonyl (C=O) groups excluding carboxylic acids is 1. The molecule has 0 radical (unpaired) electrons. The van der Waals surface area contributed by atoms with Gasteiger partial charge in [0, 0.05) is 28.9 Å². The smallest absolute Gasteiger partial charge is 0.228 e. The summed E-state index contributed by atoms with van der Waals surface area (Å²) in [6, 6.07) is 22.4. The molecule has 1 aliphatic rings. The maximum atomic E-state index is 13.7. The summed E-state index contributed by atoms with van der Waals surface area (Å²) in [7, 11) is 0. The Hall–Kier alpha value is -3.86. The van der Waals surface area contributed by atoms with Crippen LogP contribution in [0.5, 0.6) is 0 Å². The molecule has 0 spiro atoms. The summed E-state index contributed by atoms with van der Waals surface area (Å²) in [6.45, 7) is 2.11. The molecule has 5 nitrogen and oxygen atoms in total. The lowest BCUT2D eigenvalue weighted by Gasteiger charge is -2.30. The van der Waals surface area contributed by atoms with Crippen LogP contribution in [0.3, 0.4) is 0 Å². The summed E-state index contributed by atoms with van der Waals surface area (Å²) in [5.41, 5.74) is 18.7. The van der Waals surface area contributed by atoms with Crippen LogP contribution in [-0.4, -0.2) is 10.9 Å². The maximum absolute atomic E-state index is 13.7. The van der Waals surface area contributed by atoms with Gasteiger partial charge in [0.25, 0.3) is 0 Å². The van der Waals surface area contributed by atoms with E-state index in [2.05, 4.69) is 47.6 Å². The average molecular weight is 479 g/mol. The lowest BCUT2D eigenvalue weighted by molar-refractivity contribution is -0.121. The van der Waals surface area contributed by atoms with Gasteiger partial charge in [-0.15, -0.1) is 0 Å². The van der Waals surface area contributed by atoms with Gasteiger partial charge in [-0.25, -0.2) is 4.98 Å². The molecule has 1 unspecified atom stereocenters. The number of rotatable bonds is 6. The molecule has 5 heteroatoms. The molecule has 5 rings (SSSR count). The Labute approximate surface area is 212 Å². The molecular weight excluding hydrogens is 444 g/mol. The second-order valence-corrected chi connectivity index (χ2v) is 10.1. The van der Waals surface area contributed by atoms with E-state index in [1.165, 1.54) is 30.4 Å². The van der Waals surface area contributed by atoms with Crippen LogP contribution in [0.2, 0.25) is 0 Å². The van der Waals surface area contributed by atoms with Gasteiger partial charge in [0.05, 0.1) is 0 Å². The van der Waals surface area contributed by atoms with Crippen LogP contribution in [0.4, 0.5) is 17.2 Å². The first-order chi connectivity index (χ1) is 17.5. The van der Waals surface area contributed by atoms with Crippen molar-refractivity contribution in [3.8, 4) is 11.1 Å². The third kappa shape index (κ3) is 5.06. The van der Waals surface area contributed by atoms with Crippen molar-refractivity contribution < 1.29 is 4.79 Å². The number of anilines is 3. The summed E-state index contributed by atoms with van der Waals surface area (Å²) in [4.78, 5) is 17.9. The minimum atomic E-state index is -0.154. The van der Waals surface area contributed by atoms with Gasteiger partial charge in [0.1, 0.15) is 5.82 Å². The minimum Gasteiger partial charge on any atom is -0.398 e. The molecule has 1 saturated carbocycles. The summed E-state index contributed by atoms with van der Waals surface area (Å²) >= 11 is 0. The molecule has 184 valence electrons. The summed E-state index contributed by atoms with van der Waals surface area (Å²) in [6.07, 6.45) is 8.01. The summed E-state index contributed by atoms with van der Waals surface area (Å²) < 4.78 is 0. The molecule has 0 saturated heterocycles. The average Bonchev–Trinajstić information content (AvgIpc) is 2.89. The number of nitrogens with zero attached hydrogens (tertiary/aromatic N) is 1. The molecule has 0 aliphatic heterocycles. The fourth-order valence-corrected chi connectivity index (χ4v) is 5.59. The number of aromatic nitrogens is 1. The molecule has 1 heterocycles. The molecule has 1 aliphatic carbocycles. The summed E-state index contributed by atoms with van der Waals surface area (Å²) in [5, 5.41) is 5.06. The first-order valence-corrected chi connectivity index (χ1v) is 12.9. The Morgan fingerprint density at radius 3 is 2.50 bits per heavy atom. The molecule has 0 bridgehead atoms. The zero-order chi connectivity index (χ0) is 25.1. The first kappa shape index (κ1) is 23.9. The van der Waals surface area contributed by atoms with Crippen LogP contribution < -0.4 is 16.8 Å². The van der Waals surface area contributed by atoms with E-state index in [4.69, 9.17) is 11.5 Å². The van der Waals surface area contributed by atoms with E-state index in [0.29, 0.717) is 23.8 Å². The second kappa shape index (κ2) is 10.4. The molecule has 1 aromatic heterocycles. The molecule has 1 atom stereocenters. The quantitative estimate of drug-likeness (QED) is 0.267. The van der Waals surface area contributed by atoms with Crippen LogP contribution in [0, 0.1) is 18.8 Å². The fraction of sp³-hybridized carbons (Fsp3) is 0.290. The third-order valence-electron chi connectivity index (χ3n) is 7.66. The van der Waals surface area contributed by atoms with E-state index in [1.807, 2.05) is 36.4 Å². The third-order valence-corrected chi connectivity index (χ3v) is 7.66. The van der Waals surface area contributed by atoms with Crippen molar-refractivity contribution in [2.24, 2.45) is 11.8 Å². The van der Waals surface area contributed by atoms with Crippen LogP contribution in [0.15, 0.2) is 72.9 Å². The number of benzene rings is 3. The Balaban J connectivity index is 1.39. The van der Waals surface area contributed by atoms with E-state index >= 15 is 0 Å². The van der Waals surface area contributed by atoms with Crippen molar-refractivity contribution in [3.63, 3.8) is 0 Å². The number of fused-ring (bicyclic) bond motifs is 1. The number of pyridine rings is 1. The van der Waals surface area contributed by atoms with Crippen LogP contribution in [-0.2, 0) is 11.2 Å². The first-order valence-electron chi connectivity index (χ1n) is 12.9. The zero-order valence-corrected chi connectivity index (χ0v) is 20.8. The topological polar surface area (TPSA) is 94.0 Å². The highest BCUT2D eigenvalue weighted by Gasteiger charge is 2.30. The second-order valence-electron chi connectivity index (χ2n) is 10.1. The van der Waals surface area contributed by atoms with Crippen molar-refractivity contribution in [1.82, 2.24) is 4.98 Å². The van der Waals surface area contributed by atoms with Crippen molar-refractivity contribution in [2.75, 3.05) is 16.8 Å². The standard InChI is InChI=1S/C31H34N4O/c1-20-7-5-6-10-26(20)22-11-13-25(14-12-22)35-31(36)28(21-8-3-2-4-9-21)18-24-17-27-23(19-29(24)32)15-16-34-30(27)33/h5-7,10-17,19,21,28H,2-4,8-9,18,32H2,1H3,(H2,33,34)(H,35,36). The number of nitrogens with two attached hydrogens (primary N) is 2. The lowest BCUT2D eigenvalue weighted by atomic mass is 9.76. The minimum absolute atomic E-state index is 0.0594. The normalized spacial score (nSPS) is 15.0. The van der Waals surface area contributed by atoms with Crippen molar-refractivity contribution >= 4 is 33.9 Å². The number of hydrogen-bond acceptors (Lipinski definition) is 4. The Kier molecular flexibility index (Phi) is 6.90. The predicted octanol–water partition coefficient (Wildman–Crippen LogP) is 6.75. The molecule has 5 N–H and O–H groups in total. The highest BCUT2D eigenvalue weighted by Crippen LogP contribution is 2.35. The highest BCUT2D eigenvalue weighted by atomic mass is 16.1. The molecule has 1 fully saturated rings. The van der Waals surface area contributed by atoms with E-state index in [1.54, 1.807) is 6.20 Å². The van der Waals surface area contributed by atoms with Gasteiger partial charge < -0.3 is 16.8 Å². The van der Waals surface area contributed by atoms with Gasteiger partial charge in [0.15, 0.2) is 0 Å². The number of nitrogen functional groups attached to an aromatic ring is 2. The number of carbonyl (C=O) groups is 1. The van der Waals surface area contributed by atoms with Crippen LogP contribution in [0.1, 0.15) is 43.2 Å². The monoisotopic (exact) mass is 478 g/mol. The van der Waals surface area contributed by atoms with Crippen LogP contribution >= 0.6 is 0 Å². The van der Waals surface area contributed by atoms with Crippen LogP contribution in [0.25, 0.3) is 21.9 Å². The predicted molar refractivity (Wildman–Crippen MR) is 150 cm³/mol. The number of aryl methyl sites for hydroxylation is 1. The molecule has 36 heavy (non-hydrogen) atoms. The van der Waals surface area contributed by atoms with E-state index < -0.39 is 0 Å². The molecular formula is C31H34N4O. The SMILES string of the molecule is Cc1ccccc1-c1ccc(NC(=O)C(Cc2cc3c(N)nccc3cc2N)C2CCCCC2)cc1. The van der Waals surface area contributed by atoms with Crippen molar-refractivity contribution in [3.05, 3.63) is 84.1 Å². The van der Waals surface area contributed by atoms with E-state index in [0.717, 1.165) is 40.4 Å². The van der Waals surface area contributed by atoms with Gasteiger partial charge in [-0.1, -0.05) is 55.7 Å². The molecule has 3 aromatic carbocycles. The maximum Gasteiger partial charge on any atom is 0.228 e. The largest absolute Gasteiger partial charge is 0.398 e. The van der Waals surface area contributed by atoms with Gasteiger partial charge >= 0.3 is 0 Å². The summed E-state index contributed by atoms with van der Waals surface area (Å²) in [5.74, 6) is 0.732.